The van der Waals surface area contributed by atoms with Crippen molar-refractivity contribution in [3.63, 3.8) is 0 Å². The molecular formula is C11H12F2O4. The van der Waals surface area contributed by atoms with Crippen LogP contribution in [0.2, 0.25) is 0 Å². The molecule has 0 amide bonds. The van der Waals surface area contributed by atoms with Gasteiger partial charge in [-0.3, -0.25) is 0 Å². The van der Waals surface area contributed by atoms with E-state index in [2.05, 4.69) is 0 Å². The van der Waals surface area contributed by atoms with E-state index in [1.54, 1.807) is 6.92 Å². The first-order chi connectivity index (χ1) is 7.84. The van der Waals surface area contributed by atoms with E-state index in [0.29, 0.717) is 5.56 Å². The molecule has 0 aliphatic rings. The predicted octanol–water partition coefficient (Wildman–Crippen LogP) is 2.19. The van der Waals surface area contributed by atoms with Gasteiger partial charge >= 0.3 is 11.9 Å². The molecule has 4 nitrogen and oxygen atoms in total. The number of aliphatic carboxylic acids is 1. The highest BCUT2D eigenvalue weighted by molar-refractivity contribution is 5.79. The van der Waals surface area contributed by atoms with E-state index in [1.165, 1.54) is 20.3 Å². The van der Waals surface area contributed by atoms with Crippen molar-refractivity contribution in [3.05, 3.63) is 23.3 Å². The maximum absolute atomic E-state index is 13.4. The van der Waals surface area contributed by atoms with E-state index in [0.717, 1.165) is 6.07 Å². The Morgan fingerprint density at radius 2 is 1.76 bits per heavy atom. The van der Waals surface area contributed by atoms with Crippen molar-refractivity contribution in [1.29, 1.82) is 0 Å². The van der Waals surface area contributed by atoms with Gasteiger partial charge in [0.1, 0.15) is 11.5 Å². The minimum absolute atomic E-state index is 0.182. The van der Waals surface area contributed by atoms with Gasteiger partial charge in [-0.15, -0.1) is 0 Å². The molecular weight excluding hydrogens is 234 g/mol. The predicted molar refractivity (Wildman–Crippen MR) is 55.8 cm³/mol. The lowest BCUT2D eigenvalue weighted by Gasteiger charge is -2.17. The highest BCUT2D eigenvalue weighted by atomic mass is 19.3. The van der Waals surface area contributed by atoms with E-state index in [4.69, 9.17) is 14.6 Å². The first-order valence-electron chi connectivity index (χ1n) is 4.69. The molecule has 1 rings (SSSR count). The van der Waals surface area contributed by atoms with Gasteiger partial charge in [-0.1, -0.05) is 0 Å². The summed E-state index contributed by atoms with van der Waals surface area (Å²) >= 11 is 0. The monoisotopic (exact) mass is 246 g/mol. The van der Waals surface area contributed by atoms with Gasteiger partial charge in [-0.05, 0) is 24.6 Å². The van der Waals surface area contributed by atoms with Crippen LogP contribution in [0, 0.1) is 6.92 Å². The van der Waals surface area contributed by atoms with Crippen molar-refractivity contribution in [2.45, 2.75) is 12.8 Å². The number of methoxy groups -OCH3 is 2. The van der Waals surface area contributed by atoms with Crippen LogP contribution in [0.1, 0.15) is 11.1 Å². The number of aryl methyl sites for hydroxylation is 1. The average molecular weight is 246 g/mol. The third kappa shape index (κ3) is 2.30. The number of carboxylic acids is 1. The number of benzene rings is 1. The molecule has 0 saturated carbocycles. The molecule has 0 spiro atoms. The van der Waals surface area contributed by atoms with Gasteiger partial charge in [-0.2, -0.15) is 8.78 Å². The molecule has 1 N–H and O–H groups in total. The Morgan fingerprint density at radius 3 is 2.18 bits per heavy atom. The summed E-state index contributed by atoms with van der Waals surface area (Å²) in [6.07, 6.45) is 0. The molecule has 0 atom stereocenters. The number of carbonyl (C=O) groups is 1. The molecule has 0 aliphatic heterocycles. The molecule has 0 saturated heterocycles. The number of hydrogen-bond acceptors (Lipinski definition) is 3. The minimum Gasteiger partial charge on any atom is -0.496 e. The Bertz CT molecular complexity index is 443. The second kappa shape index (κ2) is 4.57. The van der Waals surface area contributed by atoms with Crippen LogP contribution in [0.25, 0.3) is 0 Å². The summed E-state index contributed by atoms with van der Waals surface area (Å²) in [5, 5.41) is 8.50. The summed E-state index contributed by atoms with van der Waals surface area (Å²) in [4.78, 5) is 10.5. The fourth-order valence-electron chi connectivity index (χ4n) is 1.41. The largest absolute Gasteiger partial charge is 0.496 e. The maximum atomic E-state index is 13.4. The Balaban J connectivity index is 3.45. The van der Waals surface area contributed by atoms with E-state index in [9.17, 15) is 13.6 Å². The second-order valence-electron chi connectivity index (χ2n) is 3.40. The number of carboxylic acid groups (broad SMARTS) is 1. The normalized spacial score (nSPS) is 11.1. The van der Waals surface area contributed by atoms with Crippen molar-refractivity contribution in [1.82, 2.24) is 0 Å². The Labute approximate surface area is 96.8 Å². The summed E-state index contributed by atoms with van der Waals surface area (Å²) in [6.45, 7) is 1.64. The van der Waals surface area contributed by atoms with Crippen LogP contribution in [-0.4, -0.2) is 25.3 Å². The third-order valence-electron chi connectivity index (χ3n) is 2.32. The highest BCUT2D eigenvalue weighted by Crippen LogP contribution is 2.39. The molecule has 0 aromatic heterocycles. The lowest BCUT2D eigenvalue weighted by atomic mass is 10.0. The van der Waals surface area contributed by atoms with Crippen molar-refractivity contribution in [3.8, 4) is 11.5 Å². The molecule has 0 aliphatic carbocycles. The van der Waals surface area contributed by atoms with Crippen LogP contribution in [0.15, 0.2) is 12.1 Å². The third-order valence-corrected chi connectivity index (χ3v) is 2.32. The van der Waals surface area contributed by atoms with Gasteiger partial charge in [0.2, 0.25) is 0 Å². The van der Waals surface area contributed by atoms with Crippen LogP contribution in [0.4, 0.5) is 8.78 Å². The number of halogens is 2. The number of hydrogen-bond donors (Lipinski definition) is 1. The molecule has 1 aromatic rings. The summed E-state index contributed by atoms with van der Waals surface area (Å²) in [5.41, 5.74) is -0.149. The topological polar surface area (TPSA) is 55.8 Å². The summed E-state index contributed by atoms with van der Waals surface area (Å²) in [6, 6.07) is 2.29. The van der Waals surface area contributed by atoms with Crippen LogP contribution >= 0.6 is 0 Å². The molecule has 6 heteroatoms. The SMILES string of the molecule is COc1cc(C(F)(F)C(=O)O)c(OC)cc1C. The van der Waals surface area contributed by atoms with Crippen molar-refractivity contribution >= 4 is 5.97 Å². The van der Waals surface area contributed by atoms with Crippen LogP contribution in [0.5, 0.6) is 11.5 Å². The number of alkyl halides is 2. The van der Waals surface area contributed by atoms with E-state index in [1.807, 2.05) is 0 Å². The lowest BCUT2D eigenvalue weighted by Crippen LogP contribution is -2.26. The Hall–Kier alpha value is -1.85. The summed E-state index contributed by atoms with van der Waals surface area (Å²) in [5.74, 6) is -6.26. The fourth-order valence-corrected chi connectivity index (χ4v) is 1.41. The van der Waals surface area contributed by atoms with Crippen LogP contribution in [0.3, 0.4) is 0 Å². The van der Waals surface area contributed by atoms with Crippen molar-refractivity contribution < 1.29 is 28.2 Å². The molecule has 0 radical (unpaired) electrons. The van der Waals surface area contributed by atoms with Crippen LogP contribution < -0.4 is 9.47 Å². The zero-order chi connectivity index (χ0) is 13.2. The summed E-state index contributed by atoms with van der Waals surface area (Å²) in [7, 11) is 2.51. The lowest BCUT2D eigenvalue weighted by molar-refractivity contribution is -0.166. The van der Waals surface area contributed by atoms with E-state index < -0.39 is 17.5 Å². The smallest absolute Gasteiger partial charge is 0.379 e. The standard InChI is InChI=1S/C11H12F2O4/c1-6-4-9(17-3)7(5-8(6)16-2)11(12,13)10(14)15/h4-5H,1-3H3,(H,14,15). The fraction of sp³-hybridized carbons (Fsp3) is 0.364. The van der Waals surface area contributed by atoms with Gasteiger partial charge in [0, 0.05) is 0 Å². The maximum Gasteiger partial charge on any atom is 0.379 e. The molecule has 0 bridgehead atoms. The highest BCUT2D eigenvalue weighted by Gasteiger charge is 2.44. The molecule has 0 fully saturated rings. The number of ether oxygens (including phenoxy) is 2. The van der Waals surface area contributed by atoms with E-state index in [-0.39, 0.29) is 11.5 Å². The number of rotatable bonds is 4. The minimum atomic E-state index is -4.02. The zero-order valence-electron chi connectivity index (χ0n) is 9.58. The van der Waals surface area contributed by atoms with Gasteiger partial charge in [0.05, 0.1) is 19.8 Å². The average Bonchev–Trinajstić information content (AvgIpc) is 2.27. The Kier molecular flexibility index (Phi) is 3.55. The van der Waals surface area contributed by atoms with Crippen molar-refractivity contribution in [2.24, 2.45) is 0 Å². The zero-order valence-corrected chi connectivity index (χ0v) is 9.58. The molecule has 0 heterocycles. The van der Waals surface area contributed by atoms with Gasteiger partial charge < -0.3 is 14.6 Å². The van der Waals surface area contributed by atoms with Crippen molar-refractivity contribution in [2.75, 3.05) is 14.2 Å². The van der Waals surface area contributed by atoms with Gasteiger partial charge in [-0.25, -0.2) is 4.79 Å². The quantitative estimate of drug-likeness (QED) is 0.884. The van der Waals surface area contributed by atoms with Gasteiger partial charge in [0.25, 0.3) is 0 Å². The van der Waals surface area contributed by atoms with E-state index >= 15 is 0 Å². The first kappa shape index (κ1) is 13.2. The second-order valence-corrected chi connectivity index (χ2v) is 3.40. The van der Waals surface area contributed by atoms with Crippen LogP contribution in [-0.2, 0) is 10.7 Å². The first-order valence-corrected chi connectivity index (χ1v) is 4.69. The molecule has 94 valence electrons. The molecule has 1 aromatic carbocycles. The molecule has 0 unspecified atom stereocenters. The Morgan fingerprint density at radius 1 is 1.24 bits per heavy atom. The van der Waals surface area contributed by atoms with Gasteiger partial charge in [0.15, 0.2) is 0 Å². The summed E-state index contributed by atoms with van der Waals surface area (Å²) < 4.78 is 36.5. The molecule has 17 heavy (non-hydrogen) atoms.